The summed E-state index contributed by atoms with van der Waals surface area (Å²) in [4.78, 5) is 9.26. The van der Waals surface area contributed by atoms with E-state index in [2.05, 4.69) is 56.1 Å². The summed E-state index contributed by atoms with van der Waals surface area (Å²) in [5, 5.41) is 12.4. The molecule has 0 amide bonds. The molecule has 1 atom stereocenters. The number of nitrogens with zero attached hydrogens (tertiary/aromatic N) is 6. The zero-order valence-electron chi connectivity index (χ0n) is 16.6. The summed E-state index contributed by atoms with van der Waals surface area (Å²) < 4.78 is 11.2. The van der Waals surface area contributed by atoms with Crippen molar-refractivity contribution in [1.82, 2.24) is 30.1 Å². The maximum Gasteiger partial charge on any atom is 0.241 e. The highest BCUT2D eigenvalue weighted by atomic mass is 16.5. The van der Waals surface area contributed by atoms with Crippen molar-refractivity contribution in [1.29, 1.82) is 0 Å². The molecule has 1 aliphatic rings. The van der Waals surface area contributed by atoms with Gasteiger partial charge in [0.05, 0.1) is 12.6 Å². The van der Waals surface area contributed by atoms with Gasteiger partial charge >= 0.3 is 0 Å². The fourth-order valence-electron chi connectivity index (χ4n) is 3.37. The molecule has 1 fully saturated rings. The molecule has 8 heteroatoms. The lowest BCUT2D eigenvalue weighted by Crippen LogP contribution is -2.46. The van der Waals surface area contributed by atoms with Crippen LogP contribution in [0.4, 0.5) is 0 Å². The molecule has 2 aromatic heterocycles. The predicted molar refractivity (Wildman–Crippen MR) is 103 cm³/mol. The molecule has 0 unspecified atom stereocenters. The molecular formula is C20H26N6O2. The number of rotatable bonds is 6. The Morgan fingerprint density at radius 2 is 1.79 bits per heavy atom. The summed E-state index contributed by atoms with van der Waals surface area (Å²) in [7, 11) is 0. The topological polar surface area (TPSA) is 84.3 Å². The summed E-state index contributed by atoms with van der Waals surface area (Å²) in [6, 6.07) is 8.28. The Balaban J connectivity index is 1.31. The Morgan fingerprint density at radius 3 is 2.46 bits per heavy atom. The minimum Gasteiger partial charge on any atom is -0.424 e. The molecule has 0 spiro atoms. The van der Waals surface area contributed by atoms with Gasteiger partial charge in [-0.2, -0.15) is 4.98 Å². The maximum absolute atomic E-state index is 5.71. The van der Waals surface area contributed by atoms with E-state index in [1.807, 2.05) is 19.1 Å². The summed E-state index contributed by atoms with van der Waals surface area (Å²) in [5.41, 5.74) is 2.19. The van der Waals surface area contributed by atoms with Crippen LogP contribution in [0.2, 0.25) is 0 Å². The van der Waals surface area contributed by atoms with E-state index in [9.17, 15) is 0 Å². The molecule has 8 nitrogen and oxygen atoms in total. The largest absolute Gasteiger partial charge is 0.424 e. The van der Waals surface area contributed by atoms with Crippen LogP contribution < -0.4 is 0 Å². The smallest absolute Gasteiger partial charge is 0.241 e. The summed E-state index contributed by atoms with van der Waals surface area (Å²) in [6.45, 7) is 10.6. The van der Waals surface area contributed by atoms with Crippen LogP contribution in [0.1, 0.15) is 43.1 Å². The summed E-state index contributed by atoms with van der Waals surface area (Å²) in [6.07, 6.45) is 0.766. The molecule has 0 N–H and O–H groups in total. The third-order valence-corrected chi connectivity index (χ3v) is 5.23. The van der Waals surface area contributed by atoms with Crippen LogP contribution in [0.15, 0.2) is 33.2 Å². The first-order valence-corrected chi connectivity index (χ1v) is 9.80. The van der Waals surface area contributed by atoms with Gasteiger partial charge in [-0.05, 0) is 13.8 Å². The molecule has 4 rings (SSSR count). The van der Waals surface area contributed by atoms with E-state index < -0.39 is 0 Å². The minimum atomic E-state index is 0.131. The quantitative estimate of drug-likeness (QED) is 0.643. The third kappa shape index (κ3) is 4.13. The average Bonchev–Trinajstić information content (AvgIpc) is 3.38. The first kappa shape index (κ1) is 18.8. The van der Waals surface area contributed by atoms with Gasteiger partial charge in [-0.1, -0.05) is 41.9 Å². The van der Waals surface area contributed by atoms with Crippen LogP contribution in [0.3, 0.4) is 0 Å². The molecule has 3 aromatic rings. The molecule has 1 saturated heterocycles. The summed E-state index contributed by atoms with van der Waals surface area (Å²) in [5.74, 6) is 2.69. The standard InChI is InChI=1S/C20H26N6O2/c1-4-17-22-23-20(27-17)15(3)26-11-9-25(10-12-26)13-18-21-19(24-28-18)16-7-5-14(2)6-8-16/h5-8,15H,4,9-13H2,1-3H3/t15-/m0/s1. The highest BCUT2D eigenvalue weighted by Crippen LogP contribution is 2.22. The number of aromatic nitrogens is 4. The van der Waals surface area contributed by atoms with E-state index in [0.717, 1.165) is 38.2 Å². The van der Waals surface area contributed by atoms with Gasteiger partial charge in [0.15, 0.2) is 0 Å². The van der Waals surface area contributed by atoms with Gasteiger partial charge in [-0.15, -0.1) is 10.2 Å². The molecular weight excluding hydrogens is 356 g/mol. The minimum absolute atomic E-state index is 0.131. The van der Waals surface area contributed by atoms with Crippen LogP contribution in [0.5, 0.6) is 0 Å². The first-order chi connectivity index (χ1) is 13.6. The number of hydrogen-bond donors (Lipinski definition) is 0. The lowest BCUT2D eigenvalue weighted by atomic mass is 10.1. The van der Waals surface area contributed by atoms with Crippen molar-refractivity contribution in [3.63, 3.8) is 0 Å². The number of benzene rings is 1. The van der Waals surface area contributed by atoms with E-state index in [1.165, 1.54) is 5.56 Å². The number of hydrogen-bond acceptors (Lipinski definition) is 8. The second kappa shape index (κ2) is 8.20. The van der Waals surface area contributed by atoms with Gasteiger partial charge in [0.2, 0.25) is 23.5 Å². The van der Waals surface area contributed by atoms with Crippen LogP contribution in [0, 0.1) is 6.92 Å². The second-order valence-corrected chi connectivity index (χ2v) is 7.25. The van der Waals surface area contributed by atoms with Crippen LogP contribution in [0.25, 0.3) is 11.4 Å². The molecule has 1 aromatic carbocycles. The first-order valence-electron chi connectivity index (χ1n) is 9.80. The lowest BCUT2D eigenvalue weighted by Gasteiger charge is -2.36. The normalized spacial score (nSPS) is 17.1. The van der Waals surface area contributed by atoms with E-state index >= 15 is 0 Å². The van der Waals surface area contributed by atoms with Crippen molar-refractivity contribution in [3.05, 3.63) is 47.5 Å². The van der Waals surface area contributed by atoms with E-state index in [1.54, 1.807) is 0 Å². The Hall–Kier alpha value is -2.58. The van der Waals surface area contributed by atoms with Gasteiger partial charge < -0.3 is 8.94 Å². The Bertz CT molecular complexity index is 896. The van der Waals surface area contributed by atoms with Crippen molar-refractivity contribution >= 4 is 0 Å². The van der Waals surface area contributed by atoms with Crippen LogP contribution in [-0.4, -0.2) is 56.3 Å². The molecule has 148 valence electrons. The van der Waals surface area contributed by atoms with Gasteiger partial charge in [-0.3, -0.25) is 9.80 Å². The van der Waals surface area contributed by atoms with E-state index in [4.69, 9.17) is 8.94 Å². The van der Waals surface area contributed by atoms with Crippen molar-refractivity contribution in [2.45, 2.75) is 39.8 Å². The average molecular weight is 382 g/mol. The Labute approximate surface area is 164 Å². The second-order valence-electron chi connectivity index (χ2n) is 7.25. The SMILES string of the molecule is CCc1nnc([C@H](C)N2CCN(Cc3nc(-c4ccc(C)cc4)no3)CC2)o1. The van der Waals surface area contributed by atoms with Crippen molar-refractivity contribution in [3.8, 4) is 11.4 Å². The molecule has 1 aliphatic heterocycles. The van der Waals surface area contributed by atoms with Crippen molar-refractivity contribution in [2.24, 2.45) is 0 Å². The third-order valence-electron chi connectivity index (χ3n) is 5.23. The molecule has 28 heavy (non-hydrogen) atoms. The van der Waals surface area contributed by atoms with Gasteiger partial charge in [-0.25, -0.2) is 0 Å². The molecule has 0 aliphatic carbocycles. The lowest BCUT2D eigenvalue weighted by molar-refractivity contribution is 0.0806. The zero-order valence-corrected chi connectivity index (χ0v) is 16.6. The number of piperazine rings is 1. The number of aryl methyl sites for hydroxylation is 2. The van der Waals surface area contributed by atoms with E-state index in [0.29, 0.717) is 30.0 Å². The van der Waals surface area contributed by atoms with Crippen molar-refractivity contribution < 1.29 is 8.94 Å². The Kier molecular flexibility index (Phi) is 5.50. The Morgan fingerprint density at radius 1 is 1.04 bits per heavy atom. The highest BCUT2D eigenvalue weighted by molar-refractivity contribution is 5.54. The molecule has 0 bridgehead atoms. The molecule has 0 saturated carbocycles. The molecule has 0 radical (unpaired) electrons. The van der Waals surface area contributed by atoms with Crippen LogP contribution >= 0.6 is 0 Å². The fraction of sp³-hybridized carbons (Fsp3) is 0.500. The molecule has 3 heterocycles. The monoisotopic (exact) mass is 382 g/mol. The predicted octanol–water partition coefficient (Wildman–Crippen LogP) is 2.87. The van der Waals surface area contributed by atoms with Gasteiger partial charge in [0.1, 0.15) is 0 Å². The van der Waals surface area contributed by atoms with Crippen molar-refractivity contribution in [2.75, 3.05) is 26.2 Å². The zero-order chi connectivity index (χ0) is 19.5. The maximum atomic E-state index is 5.71. The van der Waals surface area contributed by atoms with Crippen LogP contribution in [-0.2, 0) is 13.0 Å². The highest BCUT2D eigenvalue weighted by Gasteiger charge is 2.26. The summed E-state index contributed by atoms with van der Waals surface area (Å²) >= 11 is 0. The fourth-order valence-corrected chi connectivity index (χ4v) is 3.37. The van der Waals surface area contributed by atoms with Gasteiger partial charge in [0, 0.05) is 38.2 Å². The van der Waals surface area contributed by atoms with Gasteiger partial charge in [0.25, 0.3) is 0 Å². The van der Waals surface area contributed by atoms with E-state index in [-0.39, 0.29) is 6.04 Å².